The van der Waals surface area contributed by atoms with Crippen molar-refractivity contribution in [2.24, 2.45) is 4.99 Å². The number of halogens is 1. The summed E-state index contributed by atoms with van der Waals surface area (Å²) >= 11 is 3.00. The largest absolute Gasteiger partial charge is 0.506 e. The Morgan fingerprint density at radius 3 is 2.80 bits per heavy atom. The lowest BCUT2D eigenvalue weighted by atomic mass is 10.2. The fourth-order valence-electron chi connectivity index (χ4n) is 0.964. The molecule has 0 aliphatic rings. The maximum absolute atomic E-state index is 11.1. The molecule has 0 bridgehead atoms. The number of phenolic OH excluding ortho intramolecular Hbond substituents is 1. The van der Waals surface area contributed by atoms with Crippen LogP contribution in [0.2, 0.25) is 0 Å². The number of aromatic hydroxyl groups is 1. The standard InChI is InChI=1S/C9H6BrNO4/c1-15-9(14)5-2-3-6(11-4-12)7(10)8(5)13/h2-3,13H,1H3. The van der Waals surface area contributed by atoms with Gasteiger partial charge in [0.25, 0.3) is 0 Å². The van der Waals surface area contributed by atoms with Crippen LogP contribution in [-0.4, -0.2) is 24.3 Å². The number of carbonyl (C=O) groups excluding carboxylic acids is 2. The van der Waals surface area contributed by atoms with Crippen molar-refractivity contribution in [2.75, 3.05) is 7.11 Å². The Morgan fingerprint density at radius 2 is 2.27 bits per heavy atom. The third kappa shape index (κ3) is 2.23. The highest BCUT2D eigenvalue weighted by Gasteiger charge is 2.16. The number of hydrogen-bond acceptors (Lipinski definition) is 5. The van der Waals surface area contributed by atoms with Crippen LogP contribution in [0.4, 0.5) is 5.69 Å². The lowest BCUT2D eigenvalue weighted by Gasteiger charge is -2.05. The fourth-order valence-corrected chi connectivity index (χ4v) is 1.40. The molecule has 78 valence electrons. The lowest BCUT2D eigenvalue weighted by Crippen LogP contribution is -2.01. The normalized spacial score (nSPS) is 9.20. The Labute approximate surface area is 93.5 Å². The van der Waals surface area contributed by atoms with Crippen LogP contribution < -0.4 is 0 Å². The molecule has 0 radical (unpaired) electrons. The summed E-state index contributed by atoms with van der Waals surface area (Å²) in [6, 6.07) is 2.70. The highest BCUT2D eigenvalue weighted by atomic mass is 79.9. The molecule has 1 aromatic rings. The Balaban J connectivity index is 3.33. The predicted octanol–water partition coefficient (Wildman–Crippen LogP) is 1.91. The van der Waals surface area contributed by atoms with E-state index in [1.165, 1.54) is 25.3 Å². The minimum atomic E-state index is -0.671. The summed E-state index contributed by atoms with van der Waals surface area (Å²) in [6.45, 7) is 0. The molecule has 0 spiro atoms. The number of aliphatic imine (C=N–C) groups is 1. The van der Waals surface area contributed by atoms with E-state index in [1.807, 2.05) is 0 Å². The summed E-state index contributed by atoms with van der Waals surface area (Å²) in [7, 11) is 1.20. The van der Waals surface area contributed by atoms with Gasteiger partial charge in [-0.2, -0.15) is 4.99 Å². The third-order valence-electron chi connectivity index (χ3n) is 1.67. The molecule has 0 atom stereocenters. The molecular formula is C9H6BrNO4. The average molecular weight is 272 g/mol. The Kier molecular flexibility index (Phi) is 3.60. The summed E-state index contributed by atoms with van der Waals surface area (Å²) in [5.74, 6) is -0.992. The van der Waals surface area contributed by atoms with E-state index in [1.54, 1.807) is 0 Å². The van der Waals surface area contributed by atoms with Crippen LogP contribution >= 0.6 is 15.9 Å². The number of nitrogens with zero attached hydrogens (tertiary/aromatic N) is 1. The monoisotopic (exact) mass is 271 g/mol. The summed E-state index contributed by atoms with van der Waals surface area (Å²) < 4.78 is 4.59. The van der Waals surface area contributed by atoms with E-state index in [9.17, 15) is 14.7 Å². The van der Waals surface area contributed by atoms with E-state index in [-0.39, 0.29) is 21.5 Å². The first-order valence-corrected chi connectivity index (χ1v) is 4.58. The first-order chi connectivity index (χ1) is 7.11. The van der Waals surface area contributed by atoms with Gasteiger partial charge in [0.05, 0.1) is 17.3 Å². The third-order valence-corrected chi connectivity index (χ3v) is 2.45. The van der Waals surface area contributed by atoms with Crippen molar-refractivity contribution in [3.05, 3.63) is 22.2 Å². The first kappa shape index (κ1) is 11.4. The van der Waals surface area contributed by atoms with E-state index in [2.05, 4.69) is 25.7 Å². The molecule has 15 heavy (non-hydrogen) atoms. The van der Waals surface area contributed by atoms with E-state index >= 15 is 0 Å². The molecule has 0 fully saturated rings. The molecule has 1 rings (SSSR count). The second-order valence-electron chi connectivity index (χ2n) is 2.49. The predicted molar refractivity (Wildman–Crippen MR) is 54.9 cm³/mol. The highest BCUT2D eigenvalue weighted by molar-refractivity contribution is 9.10. The van der Waals surface area contributed by atoms with Gasteiger partial charge in [-0.3, -0.25) is 0 Å². The number of isocyanates is 1. The topological polar surface area (TPSA) is 76.0 Å². The van der Waals surface area contributed by atoms with Crippen molar-refractivity contribution >= 4 is 33.7 Å². The Bertz CT molecular complexity index is 452. The van der Waals surface area contributed by atoms with Crippen LogP contribution in [-0.2, 0) is 9.53 Å². The SMILES string of the molecule is COC(=O)c1ccc(N=C=O)c(Br)c1O. The molecule has 0 aliphatic heterocycles. The molecule has 0 aliphatic carbocycles. The Hall–Kier alpha value is -1.65. The smallest absolute Gasteiger partial charge is 0.341 e. The quantitative estimate of drug-likeness (QED) is 0.507. The van der Waals surface area contributed by atoms with Gasteiger partial charge in [-0.25, -0.2) is 9.59 Å². The van der Waals surface area contributed by atoms with Crippen molar-refractivity contribution in [3.8, 4) is 5.75 Å². The number of hydrogen-bond donors (Lipinski definition) is 1. The van der Waals surface area contributed by atoms with E-state index < -0.39 is 5.97 Å². The van der Waals surface area contributed by atoms with Crippen LogP contribution in [0, 0.1) is 0 Å². The molecule has 0 saturated heterocycles. The number of ether oxygens (including phenoxy) is 1. The van der Waals surface area contributed by atoms with E-state index in [4.69, 9.17) is 0 Å². The van der Waals surface area contributed by atoms with Gasteiger partial charge in [-0.15, -0.1) is 0 Å². The number of benzene rings is 1. The molecule has 0 unspecified atom stereocenters. The van der Waals surface area contributed by atoms with Crippen molar-refractivity contribution in [1.82, 2.24) is 0 Å². The summed E-state index contributed by atoms with van der Waals surface area (Å²) in [5.41, 5.74) is 0.185. The van der Waals surface area contributed by atoms with Crippen molar-refractivity contribution < 1.29 is 19.4 Å². The number of phenols is 1. The van der Waals surface area contributed by atoms with Crippen molar-refractivity contribution in [1.29, 1.82) is 0 Å². The van der Waals surface area contributed by atoms with Gasteiger partial charge in [-0.1, -0.05) is 0 Å². The van der Waals surface area contributed by atoms with Gasteiger partial charge in [0.2, 0.25) is 6.08 Å². The van der Waals surface area contributed by atoms with E-state index in [0.717, 1.165) is 0 Å². The maximum Gasteiger partial charge on any atom is 0.341 e. The second kappa shape index (κ2) is 4.72. The van der Waals surface area contributed by atoms with Crippen molar-refractivity contribution in [2.45, 2.75) is 0 Å². The fraction of sp³-hybridized carbons (Fsp3) is 0.111. The zero-order valence-electron chi connectivity index (χ0n) is 7.65. The van der Waals surface area contributed by atoms with Crippen LogP contribution in [0.1, 0.15) is 10.4 Å². The highest BCUT2D eigenvalue weighted by Crippen LogP contribution is 2.36. The number of esters is 1. The molecule has 0 amide bonds. The average Bonchev–Trinajstić information content (AvgIpc) is 2.24. The molecule has 6 heteroatoms. The molecule has 1 N–H and O–H groups in total. The zero-order chi connectivity index (χ0) is 11.4. The lowest BCUT2D eigenvalue weighted by molar-refractivity contribution is 0.0597. The number of carbonyl (C=O) groups is 1. The van der Waals surface area contributed by atoms with E-state index in [0.29, 0.717) is 0 Å². The maximum atomic E-state index is 11.1. The summed E-state index contributed by atoms with van der Waals surface area (Å²) in [6.07, 6.45) is 1.33. The minimum Gasteiger partial charge on any atom is -0.506 e. The second-order valence-corrected chi connectivity index (χ2v) is 3.28. The van der Waals surface area contributed by atoms with Gasteiger partial charge in [-0.05, 0) is 28.1 Å². The number of rotatable bonds is 2. The van der Waals surface area contributed by atoms with Gasteiger partial charge in [0.15, 0.2) is 0 Å². The molecular weight excluding hydrogens is 266 g/mol. The first-order valence-electron chi connectivity index (χ1n) is 3.79. The summed E-state index contributed by atoms with van der Waals surface area (Å²) in [5, 5.41) is 9.57. The summed E-state index contributed by atoms with van der Waals surface area (Å²) in [4.78, 5) is 24.5. The number of methoxy groups -OCH3 is 1. The van der Waals surface area contributed by atoms with Crippen molar-refractivity contribution in [3.63, 3.8) is 0 Å². The van der Waals surface area contributed by atoms with Crippen LogP contribution in [0.25, 0.3) is 0 Å². The van der Waals surface area contributed by atoms with Gasteiger partial charge >= 0.3 is 5.97 Å². The van der Waals surface area contributed by atoms with Crippen LogP contribution in [0.15, 0.2) is 21.6 Å². The zero-order valence-corrected chi connectivity index (χ0v) is 9.24. The molecule has 5 nitrogen and oxygen atoms in total. The van der Waals surface area contributed by atoms with Gasteiger partial charge in [0.1, 0.15) is 11.3 Å². The van der Waals surface area contributed by atoms with Crippen LogP contribution in [0.5, 0.6) is 5.75 Å². The van der Waals surface area contributed by atoms with Gasteiger partial charge < -0.3 is 9.84 Å². The minimum absolute atomic E-state index is 0.00535. The molecule has 1 aromatic carbocycles. The molecule has 0 aromatic heterocycles. The van der Waals surface area contributed by atoms with Gasteiger partial charge in [0, 0.05) is 0 Å². The van der Waals surface area contributed by atoms with Crippen LogP contribution in [0.3, 0.4) is 0 Å². The molecule has 0 saturated carbocycles. The molecule has 0 heterocycles. The Morgan fingerprint density at radius 1 is 1.60 bits per heavy atom.